The van der Waals surface area contributed by atoms with Crippen LogP contribution in [0.25, 0.3) is 0 Å². The average molecular weight is 195 g/mol. The van der Waals surface area contributed by atoms with Gasteiger partial charge in [-0.2, -0.15) is 0 Å². The molecule has 14 heavy (non-hydrogen) atoms. The van der Waals surface area contributed by atoms with Gasteiger partial charge in [-0.05, 0) is 56.9 Å². The highest BCUT2D eigenvalue weighted by Gasteiger charge is 2.39. The van der Waals surface area contributed by atoms with Crippen LogP contribution in [0.5, 0.6) is 0 Å². The summed E-state index contributed by atoms with van der Waals surface area (Å²) in [7, 11) is 0. The van der Waals surface area contributed by atoms with Gasteiger partial charge in [-0.3, -0.25) is 4.90 Å². The van der Waals surface area contributed by atoms with Crippen LogP contribution < -0.4 is 0 Å². The van der Waals surface area contributed by atoms with Crippen LogP contribution in [-0.2, 0) is 0 Å². The van der Waals surface area contributed by atoms with Gasteiger partial charge in [-0.1, -0.05) is 0 Å². The van der Waals surface area contributed by atoms with Crippen molar-refractivity contribution >= 4 is 0 Å². The first kappa shape index (κ1) is 9.17. The van der Waals surface area contributed by atoms with E-state index in [4.69, 9.17) is 0 Å². The van der Waals surface area contributed by atoms with E-state index in [9.17, 15) is 5.11 Å². The lowest BCUT2D eigenvalue weighted by atomic mass is 10.0. The maximum Gasteiger partial charge on any atom is 0.0555 e. The maximum atomic E-state index is 9.52. The van der Waals surface area contributed by atoms with Crippen molar-refractivity contribution in [1.29, 1.82) is 0 Å². The van der Waals surface area contributed by atoms with Crippen molar-refractivity contribution in [3.05, 3.63) is 0 Å². The van der Waals surface area contributed by atoms with Gasteiger partial charge >= 0.3 is 0 Å². The second-order valence-corrected chi connectivity index (χ2v) is 5.50. The Bertz CT molecular complexity index is 214. The van der Waals surface area contributed by atoms with Crippen molar-refractivity contribution in [3.8, 4) is 0 Å². The number of hydrogen-bond donors (Lipinski definition) is 1. The van der Waals surface area contributed by atoms with Crippen molar-refractivity contribution in [2.45, 2.75) is 50.7 Å². The summed E-state index contributed by atoms with van der Waals surface area (Å²) >= 11 is 0. The molecule has 0 radical (unpaired) electrons. The van der Waals surface area contributed by atoms with Crippen LogP contribution in [0.3, 0.4) is 0 Å². The highest BCUT2D eigenvalue weighted by atomic mass is 16.3. The molecule has 0 aromatic rings. The van der Waals surface area contributed by atoms with Crippen LogP contribution in [0.1, 0.15) is 38.5 Å². The Balaban J connectivity index is 1.54. The van der Waals surface area contributed by atoms with Gasteiger partial charge in [-0.15, -0.1) is 0 Å². The lowest BCUT2D eigenvalue weighted by Gasteiger charge is -2.23. The predicted octanol–water partition coefficient (Wildman–Crippen LogP) is 1.63. The fourth-order valence-corrected chi connectivity index (χ4v) is 3.37. The molecule has 3 rings (SSSR count). The molecule has 1 heterocycles. The summed E-state index contributed by atoms with van der Waals surface area (Å²) in [5, 5.41) is 9.52. The standard InChI is InChI=1S/C12H21NO/c14-12-4-3-11(7-12)13-6-5-10(8-13)9-1-2-9/h9-12,14H,1-8H2. The largest absolute Gasteiger partial charge is 0.393 e. The normalized spacial score (nSPS) is 44.8. The molecule has 0 spiro atoms. The van der Waals surface area contributed by atoms with Crippen molar-refractivity contribution in [2.75, 3.05) is 13.1 Å². The van der Waals surface area contributed by atoms with Gasteiger partial charge in [0.15, 0.2) is 0 Å². The molecule has 0 bridgehead atoms. The Morgan fingerprint density at radius 1 is 0.929 bits per heavy atom. The summed E-state index contributed by atoms with van der Waals surface area (Å²) in [5.41, 5.74) is 0. The first-order valence-electron chi connectivity index (χ1n) is 6.25. The Morgan fingerprint density at radius 2 is 1.79 bits per heavy atom. The van der Waals surface area contributed by atoms with Gasteiger partial charge in [0, 0.05) is 12.6 Å². The zero-order valence-electron chi connectivity index (χ0n) is 8.86. The molecule has 3 atom stereocenters. The molecule has 1 aliphatic heterocycles. The Hall–Kier alpha value is -0.0800. The van der Waals surface area contributed by atoms with E-state index >= 15 is 0 Å². The smallest absolute Gasteiger partial charge is 0.0555 e. The highest BCUT2D eigenvalue weighted by Crippen LogP contribution is 2.42. The molecule has 1 N–H and O–H groups in total. The van der Waals surface area contributed by atoms with E-state index in [1.54, 1.807) is 0 Å². The van der Waals surface area contributed by atoms with Crippen LogP contribution in [0.4, 0.5) is 0 Å². The fraction of sp³-hybridized carbons (Fsp3) is 1.00. The third kappa shape index (κ3) is 1.70. The molecule has 3 fully saturated rings. The molecule has 3 unspecified atom stereocenters. The summed E-state index contributed by atoms with van der Waals surface area (Å²) in [6, 6.07) is 0.716. The summed E-state index contributed by atoms with van der Waals surface area (Å²) in [6.45, 7) is 2.64. The molecule has 2 nitrogen and oxygen atoms in total. The van der Waals surface area contributed by atoms with Crippen molar-refractivity contribution in [3.63, 3.8) is 0 Å². The average Bonchev–Trinajstić information content (AvgIpc) is 2.76. The number of aliphatic hydroxyl groups is 1. The first-order chi connectivity index (χ1) is 6.83. The molecular weight excluding hydrogens is 174 g/mol. The molecule has 2 aliphatic carbocycles. The number of nitrogens with zero attached hydrogens (tertiary/aromatic N) is 1. The lowest BCUT2D eigenvalue weighted by molar-refractivity contribution is 0.160. The molecule has 1 saturated heterocycles. The summed E-state index contributed by atoms with van der Waals surface area (Å²) in [4.78, 5) is 2.65. The quantitative estimate of drug-likeness (QED) is 0.724. The number of aliphatic hydroxyl groups excluding tert-OH is 1. The van der Waals surface area contributed by atoms with E-state index in [2.05, 4.69) is 4.90 Å². The zero-order chi connectivity index (χ0) is 9.54. The van der Waals surface area contributed by atoms with Gasteiger partial charge in [-0.25, -0.2) is 0 Å². The predicted molar refractivity (Wildman–Crippen MR) is 56.0 cm³/mol. The highest BCUT2D eigenvalue weighted by molar-refractivity contribution is 4.92. The van der Waals surface area contributed by atoms with Gasteiger partial charge in [0.1, 0.15) is 0 Å². The van der Waals surface area contributed by atoms with E-state index in [-0.39, 0.29) is 6.10 Å². The SMILES string of the molecule is OC1CCC(N2CCC(C3CC3)C2)C1. The Morgan fingerprint density at radius 3 is 2.43 bits per heavy atom. The van der Waals surface area contributed by atoms with E-state index in [1.807, 2.05) is 0 Å². The summed E-state index contributed by atoms with van der Waals surface area (Å²) in [5.74, 6) is 2.08. The molecule has 3 aliphatic rings. The molecular formula is C12H21NO. The maximum absolute atomic E-state index is 9.52. The van der Waals surface area contributed by atoms with Crippen LogP contribution in [0.2, 0.25) is 0 Å². The molecule has 0 aromatic carbocycles. The van der Waals surface area contributed by atoms with Gasteiger partial charge in [0.2, 0.25) is 0 Å². The summed E-state index contributed by atoms with van der Waals surface area (Å²) < 4.78 is 0. The monoisotopic (exact) mass is 195 g/mol. The zero-order valence-corrected chi connectivity index (χ0v) is 8.86. The van der Waals surface area contributed by atoms with Gasteiger partial charge < -0.3 is 5.11 Å². The topological polar surface area (TPSA) is 23.5 Å². The van der Waals surface area contributed by atoms with Crippen molar-refractivity contribution in [1.82, 2.24) is 4.90 Å². The lowest BCUT2D eigenvalue weighted by Crippen LogP contribution is -2.31. The second-order valence-electron chi connectivity index (χ2n) is 5.50. The van der Waals surface area contributed by atoms with Gasteiger partial charge in [0.25, 0.3) is 0 Å². The minimum absolute atomic E-state index is 0.0000231. The molecule has 2 saturated carbocycles. The number of rotatable bonds is 2. The minimum Gasteiger partial charge on any atom is -0.393 e. The minimum atomic E-state index is -0.0000231. The molecule has 0 aromatic heterocycles. The number of likely N-dealkylation sites (tertiary alicyclic amines) is 1. The van der Waals surface area contributed by atoms with Crippen molar-refractivity contribution < 1.29 is 5.11 Å². The molecule has 0 amide bonds. The Labute approximate surface area is 86.3 Å². The van der Waals surface area contributed by atoms with E-state index in [1.165, 1.54) is 38.8 Å². The van der Waals surface area contributed by atoms with E-state index < -0.39 is 0 Å². The van der Waals surface area contributed by atoms with Crippen LogP contribution in [-0.4, -0.2) is 35.2 Å². The van der Waals surface area contributed by atoms with E-state index in [0.29, 0.717) is 6.04 Å². The summed E-state index contributed by atoms with van der Waals surface area (Å²) in [6.07, 6.45) is 7.72. The van der Waals surface area contributed by atoms with Crippen molar-refractivity contribution in [2.24, 2.45) is 11.8 Å². The Kier molecular flexibility index (Phi) is 2.29. The van der Waals surface area contributed by atoms with Crippen LogP contribution >= 0.6 is 0 Å². The molecule has 80 valence electrons. The molecule has 2 heteroatoms. The number of hydrogen-bond acceptors (Lipinski definition) is 2. The third-order valence-corrected chi connectivity index (χ3v) is 4.44. The third-order valence-electron chi connectivity index (χ3n) is 4.44. The van der Waals surface area contributed by atoms with E-state index in [0.717, 1.165) is 24.7 Å². The van der Waals surface area contributed by atoms with Crippen LogP contribution in [0, 0.1) is 11.8 Å². The van der Waals surface area contributed by atoms with Crippen LogP contribution in [0.15, 0.2) is 0 Å². The van der Waals surface area contributed by atoms with Gasteiger partial charge in [0.05, 0.1) is 6.10 Å². The fourth-order valence-electron chi connectivity index (χ4n) is 3.37. The second kappa shape index (κ2) is 3.49. The first-order valence-corrected chi connectivity index (χ1v) is 6.25.